The third-order valence-electron chi connectivity index (χ3n) is 2.98. The minimum absolute atomic E-state index is 0.114. The van der Waals surface area contributed by atoms with Gasteiger partial charge in [0, 0.05) is 6.07 Å². The molecular formula is C16H15FO3. The van der Waals surface area contributed by atoms with Gasteiger partial charge in [0.25, 0.3) is 0 Å². The van der Waals surface area contributed by atoms with Crippen LogP contribution >= 0.6 is 0 Å². The van der Waals surface area contributed by atoms with E-state index < -0.39 is 5.82 Å². The van der Waals surface area contributed by atoms with Crippen molar-refractivity contribution in [2.45, 2.75) is 12.7 Å². The number of epoxide rings is 1. The van der Waals surface area contributed by atoms with Crippen molar-refractivity contribution in [1.82, 2.24) is 0 Å². The van der Waals surface area contributed by atoms with Crippen LogP contribution in [-0.2, 0) is 11.3 Å². The van der Waals surface area contributed by atoms with Gasteiger partial charge >= 0.3 is 0 Å². The van der Waals surface area contributed by atoms with Crippen LogP contribution in [0.4, 0.5) is 4.39 Å². The first-order valence-corrected chi connectivity index (χ1v) is 6.52. The molecule has 0 aromatic heterocycles. The molecule has 0 aliphatic carbocycles. The molecule has 3 rings (SSSR count). The fourth-order valence-corrected chi connectivity index (χ4v) is 1.78. The van der Waals surface area contributed by atoms with Crippen LogP contribution in [0.3, 0.4) is 0 Å². The van der Waals surface area contributed by atoms with Gasteiger partial charge in [-0.25, -0.2) is 4.39 Å². The van der Waals surface area contributed by atoms with Crippen LogP contribution in [0.25, 0.3) is 0 Å². The van der Waals surface area contributed by atoms with Gasteiger partial charge in [0.2, 0.25) is 0 Å². The van der Waals surface area contributed by atoms with Crippen LogP contribution < -0.4 is 9.47 Å². The van der Waals surface area contributed by atoms with Gasteiger partial charge < -0.3 is 14.2 Å². The van der Waals surface area contributed by atoms with E-state index in [0.29, 0.717) is 25.6 Å². The van der Waals surface area contributed by atoms with Crippen molar-refractivity contribution in [3.63, 3.8) is 0 Å². The maximum atomic E-state index is 13.8. The van der Waals surface area contributed by atoms with E-state index in [0.717, 1.165) is 5.56 Å². The Hall–Kier alpha value is -2.07. The molecule has 0 bridgehead atoms. The average molecular weight is 274 g/mol. The van der Waals surface area contributed by atoms with Gasteiger partial charge in [-0.2, -0.15) is 0 Å². The molecule has 20 heavy (non-hydrogen) atoms. The van der Waals surface area contributed by atoms with Crippen molar-refractivity contribution in [3.05, 3.63) is 59.9 Å². The Labute approximate surface area is 116 Å². The number of halogens is 1. The lowest BCUT2D eigenvalue weighted by Gasteiger charge is -2.09. The Kier molecular flexibility index (Phi) is 3.83. The van der Waals surface area contributed by atoms with Gasteiger partial charge in [0.15, 0.2) is 11.6 Å². The van der Waals surface area contributed by atoms with Gasteiger partial charge in [-0.15, -0.1) is 0 Å². The van der Waals surface area contributed by atoms with Crippen LogP contribution in [0, 0.1) is 5.82 Å². The Morgan fingerprint density at radius 2 is 1.90 bits per heavy atom. The minimum atomic E-state index is -0.420. The van der Waals surface area contributed by atoms with E-state index >= 15 is 0 Å². The van der Waals surface area contributed by atoms with Crippen LogP contribution in [0.5, 0.6) is 11.5 Å². The zero-order valence-electron chi connectivity index (χ0n) is 10.9. The van der Waals surface area contributed by atoms with Gasteiger partial charge in [-0.05, 0) is 17.7 Å². The van der Waals surface area contributed by atoms with E-state index in [4.69, 9.17) is 14.2 Å². The molecule has 1 heterocycles. The molecule has 3 nitrogen and oxygen atoms in total. The molecule has 0 amide bonds. The summed E-state index contributed by atoms with van der Waals surface area (Å²) in [6, 6.07) is 14.4. The largest absolute Gasteiger partial charge is 0.489 e. The summed E-state index contributed by atoms with van der Waals surface area (Å²) in [5.41, 5.74) is 1.04. The molecule has 1 aliphatic heterocycles. The second-order valence-electron chi connectivity index (χ2n) is 4.63. The number of hydrogen-bond donors (Lipinski definition) is 0. The van der Waals surface area contributed by atoms with Gasteiger partial charge in [0.05, 0.1) is 6.61 Å². The lowest BCUT2D eigenvalue weighted by atomic mass is 10.2. The Balaban J connectivity index is 1.58. The molecule has 1 atom stereocenters. The molecule has 0 radical (unpaired) electrons. The van der Waals surface area contributed by atoms with E-state index in [2.05, 4.69) is 0 Å². The average Bonchev–Trinajstić information content (AvgIpc) is 3.29. The summed E-state index contributed by atoms with van der Waals surface area (Å²) in [7, 11) is 0. The lowest BCUT2D eigenvalue weighted by molar-refractivity contribution is 0.252. The van der Waals surface area contributed by atoms with E-state index in [-0.39, 0.29) is 11.9 Å². The highest BCUT2D eigenvalue weighted by atomic mass is 19.1. The molecule has 4 heteroatoms. The first kappa shape index (κ1) is 12.9. The van der Waals surface area contributed by atoms with Gasteiger partial charge in [-0.3, -0.25) is 0 Å². The first-order chi connectivity index (χ1) is 9.81. The van der Waals surface area contributed by atoms with Crippen molar-refractivity contribution >= 4 is 0 Å². The monoisotopic (exact) mass is 274 g/mol. The zero-order valence-corrected chi connectivity index (χ0v) is 10.9. The third-order valence-corrected chi connectivity index (χ3v) is 2.98. The summed E-state index contributed by atoms with van der Waals surface area (Å²) in [6.07, 6.45) is 0.114. The third kappa shape index (κ3) is 3.48. The van der Waals surface area contributed by atoms with E-state index in [1.165, 1.54) is 6.07 Å². The predicted octanol–water partition coefficient (Wildman–Crippen LogP) is 3.18. The molecule has 104 valence electrons. The summed E-state index contributed by atoms with van der Waals surface area (Å²) >= 11 is 0. The number of benzene rings is 2. The standard InChI is InChI=1S/C16H15FO3/c17-15-8-13(18-9-12-4-2-1-3-5-12)6-7-16(15)20-11-14-10-19-14/h1-8,14H,9-11H2. The number of rotatable bonds is 6. The maximum Gasteiger partial charge on any atom is 0.168 e. The Morgan fingerprint density at radius 3 is 2.60 bits per heavy atom. The second-order valence-corrected chi connectivity index (χ2v) is 4.63. The van der Waals surface area contributed by atoms with Crippen LogP contribution in [0.2, 0.25) is 0 Å². The molecule has 0 N–H and O–H groups in total. The maximum absolute atomic E-state index is 13.8. The normalized spacial score (nSPS) is 16.8. The second kappa shape index (κ2) is 5.92. The van der Waals surface area contributed by atoms with E-state index in [9.17, 15) is 4.39 Å². The minimum Gasteiger partial charge on any atom is -0.489 e. The Bertz CT molecular complexity index is 567. The van der Waals surface area contributed by atoms with Crippen molar-refractivity contribution in [1.29, 1.82) is 0 Å². The predicted molar refractivity (Wildman–Crippen MR) is 72.4 cm³/mol. The summed E-state index contributed by atoms with van der Waals surface area (Å²) < 4.78 is 29.7. The van der Waals surface area contributed by atoms with Crippen molar-refractivity contribution < 1.29 is 18.6 Å². The highest BCUT2D eigenvalue weighted by molar-refractivity contribution is 5.33. The molecule has 0 saturated carbocycles. The topological polar surface area (TPSA) is 31.0 Å². The van der Waals surface area contributed by atoms with Crippen molar-refractivity contribution in [3.8, 4) is 11.5 Å². The quantitative estimate of drug-likeness (QED) is 0.758. The summed E-state index contributed by atoms with van der Waals surface area (Å²) in [5.74, 6) is 0.296. The van der Waals surface area contributed by atoms with E-state index in [1.54, 1.807) is 12.1 Å². The highest BCUT2D eigenvalue weighted by Crippen LogP contribution is 2.24. The fourth-order valence-electron chi connectivity index (χ4n) is 1.78. The molecule has 1 saturated heterocycles. The highest BCUT2D eigenvalue weighted by Gasteiger charge is 2.23. The molecule has 2 aromatic carbocycles. The fraction of sp³-hybridized carbons (Fsp3) is 0.250. The zero-order chi connectivity index (χ0) is 13.8. The number of hydrogen-bond acceptors (Lipinski definition) is 3. The van der Waals surface area contributed by atoms with E-state index in [1.807, 2.05) is 30.3 Å². The molecular weight excluding hydrogens is 259 g/mol. The molecule has 1 aliphatic rings. The summed E-state index contributed by atoms with van der Waals surface area (Å²) in [5, 5.41) is 0. The van der Waals surface area contributed by atoms with Gasteiger partial charge in [-0.1, -0.05) is 30.3 Å². The van der Waals surface area contributed by atoms with Crippen LogP contribution in [0.1, 0.15) is 5.56 Å². The SMILES string of the molecule is Fc1cc(OCc2ccccc2)ccc1OCC1CO1. The van der Waals surface area contributed by atoms with Crippen molar-refractivity contribution in [2.24, 2.45) is 0 Å². The molecule has 1 fully saturated rings. The Morgan fingerprint density at radius 1 is 1.10 bits per heavy atom. The summed E-state index contributed by atoms with van der Waals surface area (Å²) in [6.45, 7) is 1.50. The first-order valence-electron chi connectivity index (χ1n) is 6.52. The smallest absolute Gasteiger partial charge is 0.168 e. The van der Waals surface area contributed by atoms with Crippen molar-refractivity contribution in [2.75, 3.05) is 13.2 Å². The summed E-state index contributed by atoms with van der Waals surface area (Å²) in [4.78, 5) is 0. The molecule has 1 unspecified atom stereocenters. The molecule has 0 spiro atoms. The lowest BCUT2D eigenvalue weighted by Crippen LogP contribution is -2.05. The number of ether oxygens (including phenoxy) is 3. The molecule has 2 aromatic rings. The van der Waals surface area contributed by atoms with Crippen LogP contribution in [-0.4, -0.2) is 19.3 Å². The van der Waals surface area contributed by atoms with Gasteiger partial charge in [0.1, 0.15) is 25.1 Å². The van der Waals surface area contributed by atoms with Crippen LogP contribution in [0.15, 0.2) is 48.5 Å².